The van der Waals surface area contributed by atoms with Gasteiger partial charge in [0.15, 0.2) is 0 Å². The minimum atomic E-state index is 0.480. The summed E-state index contributed by atoms with van der Waals surface area (Å²) < 4.78 is 5.90. The van der Waals surface area contributed by atoms with Gasteiger partial charge in [0.1, 0.15) is 0 Å². The fourth-order valence-corrected chi connectivity index (χ4v) is 3.72. The number of hydrogen-bond donors (Lipinski definition) is 1. The summed E-state index contributed by atoms with van der Waals surface area (Å²) in [7, 11) is 0. The van der Waals surface area contributed by atoms with Gasteiger partial charge in [-0.1, -0.05) is 13.8 Å². The number of ether oxygens (including phenoxy) is 1. The summed E-state index contributed by atoms with van der Waals surface area (Å²) in [6.45, 7) is 12.5. The van der Waals surface area contributed by atoms with Crippen molar-refractivity contribution in [3.8, 4) is 0 Å². The van der Waals surface area contributed by atoms with E-state index in [0.717, 1.165) is 31.5 Å². The Kier molecular flexibility index (Phi) is 7.44. The Morgan fingerprint density at radius 2 is 1.71 bits per heavy atom. The van der Waals surface area contributed by atoms with Crippen LogP contribution >= 0.6 is 0 Å². The van der Waals surface area contributed by atoms with Gasteiger partial charge in [-0.05, 0) is 57.7 Å². The molecular formula is C17H35N3O. The molecule has 2 aliphatic heterocycles. The zero-order valence-electron chi connectivity index (χ0n) is 14.1. The first-order valence-corrected chi connectivity index (χ1v) is 8.97. The van der Waals surface area contributed by atoms with E-state index in [1.165, 1.54) is 58.4 Å². The van der Waals surface area contributed by atoms with Crippen LogP contribution in [-0.2, 0) is 4.74 Å². The summed E-state index contributed by atoms with van der Waals surface area (Å²) in [5.41, 5.74) is 5.51. The van der Waals surface area contributed by atoms with Gasteiger partial charge in [-0.15, -0.1) is 0 Å². The highest BCUT2D eigenvalue weighted by molar-refractivity contribution is 4.83. The van der Waals surface area contributed by atoms with E-state index in [4.69, 9.17) is 10.5 Å². The molecule has 0 aliphatic carbocycles. The van der Waals surface area contributed by atoms with Crippen molar-refractivity contribution in [1.29, 1.82) is 0 Å². The standard InChI is InChI=1S/C17H35N3O/c1-15(2)14-19-9-4-16(5-10-19)20-11-6-17(7-12-20)21-13-3-8-18/h15-17H,3-14,18H2,1-2H3. The first-order valence-electron chi connectivity index (χ1n) is 8.97. The second-order valence-electron chi connectivity index (χ2n) is 7.17. The molecule has 4 nitrogen and oxygen atoms in total. The maximum Gasteiger partial charge on any atom is 0.0599 e. The molecule has 0 spiro atoms. The number of nitrogens with zero attached hydrogens (tertiary/aromatic N) is 2. The summed E-state index contributed by atoms with van der Waals surface area (Å²) in [6, 6.07) is 0.818. The normalized spacial score (nSPS) is 24.0. The molecule has 2 fully saturated rings. The predicted octanol–water partition coefficient (Wildman–Crippen LogP) is 1.94. The summed E-state index contributed by atoms with van der Waals surface area (Å²) in [4.78, 5) is 5.36. The summed E-state index contributed by atoms with van der Waals surface area (Å²) >= 11 is 0. The zero-order chi connectivity index (χ0) is 15.1. The molecule has 0 aromatic rings. The average molecular weight is 297 g/mol. The highest BCUT2D eigenvalue weighted by Gasteiger charge is 2.28. The Balaban J connectivity index is 1.62. The highest BCUT2D eigenvalue weighted by Crippen LogP contribution is 2.22. The predicted molar refractivity (Wildman–Crippen MR) is 88.5 cm³/mol. The number of nitrogens with two attached hydrogens (primary N) is 1. The lowest BCUT2D eigenvalue weighted by molar-refractivity contribution is -0.0103. The molecule has 0 aromatic heterocycles. The van der Waals surface area contributed by atoms with Gasteiger partial charge in [-0.25, -0.2) is 0 Å². The van der Waals surface area contributed by atoms with E-state index < -0.39 is 0 Å². The van der Waals surface area contributed by atoms with Crippen molar-refractivity contribution in [2.75, 3.05) is 45.9 Å². The van der Waals surface area contributed by atoms with E-state index in [0.29, 0.717) is 6.10 Å². The van der Waals surface area contributed by atoms with Crippen LogP contribution in [0.1, 0.15) is 46.0 Å². The highest BCUT2D eigenvalue weighted by atomic mass is 16.5. The average Bonchev–Trinajstić information content (AvgIpc) is 2.49. The number of piperidine rings is 2. The largest absolute Gasteiger partial charge is 0.378 e. The van der Waals surface area contributed by atoms with Crippen LogP contribution in [0.3, 0.4) is 0 Å². The lowest BCUT2D eigenvalue weighted by Crippen LogP contribution is -2.49. The molecule has 0 radical (unpaired) electrons. The Morgan fingerprint density at radius 1 is 1.05 bits per heavy atom. The van der Waals surface area contributed by atoms with Crippen LogP contribution in [0.25, 0.3) is 0 Å². The van der Waals surface area contributed by atoms with Gasteiger partial charge < -0.3 is 20.3 Å². The van der Waals surface area contributed by atoms with E-state index in [-0.39, 0.29) is 0 Å². The summed E-state index contributed by atoms with van der Waals surface area (Å²) in [5, 5.41) is 0. The zero-order valence-corrected chi connectivity index (χ0v) is 14.1. The fraction of sp³-hybridized carbons (Fsp3) is 1.00. The van der Waals surface area contributed by atoms with Gasteiger partial charge in [-0.3, -0.25) is 0 Å². The van der Waals surface area contributed by atoms with Crippen LogP contribution in [0, 0.1) is 5.92 Å². The minimum Gasteiger partial charge on any atom is -0.378 e. The van der Waals surface area contributed by atoms with Gasteiger partial charge in [-0.2, -0.15) is 0 Å². The van der Waals surface area contributed by atoms with Crippen LogP contribution in [0.2, 0.25) is 0 Å². The van der Waals surface area contributed by atoms with Crippen LogP contribution in [0.15, 0.2) is 0 Å². The third-order valence-electron chi connectivity index (χ3n) is 4.88. The van der Waals surface area contributed by atoms with Crippen molar-refractivity contribution in [1.82, 2.24) is 9.80 Å². The first kappa shape index (κ1) is 17.2. The van der Waals surface area contributed by atoms with Gasteiger partial charge >= 0.3 is 0 Å². The van der Waals surface area contributed by atoms with Crippen molar-refractivity contribution >= 4 is 0 Å². The molecule has 0 bridgehead atoms. The Hall–Kier alpha value is -0.160. The van der Waals surface area contributed by atoms with Crippen LogP contribution in [0.5, 0.6) is 0 Å². The molecule has 2 aliphatic rings. The second-order valence-corrected chi connectivity index (χ2v) is 7.17. The minimum absolute atomic E-state index is 0.480. The van der Waals surface area contributed by atoms with Gasteiger partial charge in [0.05, 0.1) is 6.10 Å². The fourth-order valence-electron chi connectivity index (χ4n) is 3.72. The third-order valence-corrected chi connectivity index (χ3v) is 4.88. The molecule has 0 amide bonds. The molecule has 0 atom stereocenters. The number of hydrogen-bond acceptors (Lipinski definition) is 4. The maximum absolute atomic E-state index is 5.90. The van der Waals surface area contributed by atoms with Crippen molar-refractivity contribution in [3.05, 3.63) is 0 Å². The van der Waals surface area contributed by atoms with Gasteiger partial charge in [0, 0.05) is 32.3 Å². The molecule has 2 saturated heterocycles. The lowest BCUT2D eigenvalue weighted by atomic mass is 9.98. The molecule has 0 aromatic carbocycles. The monoisotopic (exact) mass is 297 g/mol. The Bertz CT molecular complexity index is 269. The SMILES string of the molecule is CC(C)CN1CCC(N2CCC(OCCCN)CC2)CC1. The van der Waals surface area contributed by atoms with E-state index in [9.17, 15) is 0 Å². The lowest BCUT2D eigenvalue weighted by Gasteiger charge is -2.42. The van der Waals surface area contributed by atoms with Crippen molar-refractivity contribution in [3.63, 3.8) is 0 Å². The van der Waals surface area contributed by atoms with Crippen LogP contribution < -0.4 is 5.73 Å². The van der Waals surface area contributed by atoms with E-state index in [2.05, 4.69) is 23.6 Å². The van der Waals surface area contributed by atoms with E-state index in [1.807, 2.05) is 0 Å². The summed E-state index contributed by atoms with van der Waals surface area (Å²) in [5.74, 6) is 0.794. The molecule has 4 heteroatoms. The maximum atomic E-state index is 5.90. The molecule has 124 valence electrons. The van der Waals surface area contributed by atoms with E-state index >= 15 is 0 Å². The summed E-state index contributed by atoms with van der Waals surface area (Å²) in [6.07, 6.45) is 6.59. The first-order chi connectivity index (χ1) is 10.2. The Labute approximate surface area is 131 Å². The van der Waals surface area contributed by atoms with Crippen LogP contribution in [-0.4, -0.2) is 67.8 Å². The quantitative estimate of drug-likeness (QED) is 0.729. The second kappa shape index (κ2) is 9.09. The van der Waals surface area contributed by atoms with E-state index in [1.54, 1.807) is 0 Å². The van der Waals surface area contributed by atoms with Crippen molar-refractivity contribution < 1.29 is 4.74 Å². The Morgan fingerprint density at radius 3 is 2.29 bits per heavy atom. The molecule has 0 unspecified atom stereocenters. The molecule has 2 rings (SSSR count). The molecule has 21 heavy (non-hydrogen) atoms. The number of rotatable bonds is 7. The van der Waals surface area contributed by atoms with Gasteiger partial charge in [0.25, 0.3) is 0 Å². The molecule has 2 heterocycles. The smallest absolute Gasteiger partial charge is 0.0599 e. The van der Waals surface area contributed by atoms with Crippen molar-refractivity contribution in [2.24, 2.45) is 11.7 Å². The molecular weight excluding hydrogens is 262 g/mol. The van der Waals surface area contributed by atoms with Crippen molar-refractivity contribution in [2.45, 2.75) is 58.1 Å². The number of likely N-dealkylation sites (tertiary alicyclic amines) is 2. The topological polar surface area (TPSA) is 41.7 Å². The molecule has 2 N–H and O–H groups in total. The third kappa shape index (κ3) is 5.85. The van der Waals surface area contributed by atoms with Gasteiger partial charge in [0.2, 0.25) is 0 Å². The molecule has 0 saturated carbocycles. The van der Waals surface area contributed by atoms with Crippen LogP contribution in [0.4, 0.5) is 0 Å².